The van der Waals surface area contributed by atoms with Crippen molar-refractivity contribution in [2.24, 2.45) is 5.92 Å². The number of methoxy groups -OCH3 is 1. The van der Waals surface area contributed by atoms with Gasteiger partial charge >= 0.3 is 5.97 Å². The summed E-state index contributed by atoms with van der Waals surface area (Å²) in [5.74, 6) is -0.485. The second-order valence-corrected chi connectivity index (χ2v) is 6.74. The molecule has 1 aliphatic rings. The fourth-order valence-electron chi connectivity index (χ4n) is 3.47. The molecule has 0 heterocycles. The van der Waals surface area contributed by atoms with Gasteiger partial charge in [0.05, 0.1) is 6.61 Å². The van der Waals surface area contributed by atoms with Crippen LogP contribution < -0.4 is 5.32 Å². The highest BCUT2D eigenvalue weighted by Crippen LogP contribution is 2.38. The van der Waals surface area contributed by atoms with Gasteiger partial charge in [-0.1, -0.05) is 6.42 Å². The summed E-state index contributed by atoms with van der Waals surface area (Å²) in [6.07, 6.45) is 3.64. The summed E-state index contributed by atoms with van der Waals surface area (Å²) in [7, 11) is 3.79. The number of nitrogens with one attached hydrogen (secondary N) is 1. The Hall–Kier alpha value is -0.650. The third-order valence-electron chi connectivity index (χ3n) is 4.74. The number of nitrogens with zero attached hydrogens (tertiary/aromatic N) is 1. The lowest BCUT2D eigenvalue weighted by Crippen LogP contribution is -2.57. The number of carboxylic acids is 1. The van der Waals surface area contributed by atoms with E-state index in [-0.39, 0.29) is 12.0 Å². The highest BCUT2D eigenvalue weighted by molar-refractivity contribution is 5.79. The minimum Gasteiger partial charge on any atom is -0.480 e. The highest BCUT2D eigenvalue weighted by Gasteiger charge is 2.49. The number of carboxylic acid groups (broad SMARTS) is 1. The van der Waals surface area contributed by atoms with Gasteiger partial charge in [-0.25, -0.2) is 0 Å². The van der Waals surface area contributed by atoms with Crippen LogP contribution in [0.2, 0.25) is 0 Å². The Bertz CT molecular complexity index is 335. The molecular formula is C16H32N2O3. The fraction of sp³-hybridized carbons (Fsp3) is 0.938. The predicted octanol–water partition coefficient (Wildman–Crippen LogP) is 1.96. The summed E-state index contributed by atoms with van der Waals surface area (Å²) in [5, 5.41) is 13.1. The van der Waals surface area contributed by atoms with Crippen molar-refractivity contribution in [1.29, 1.82) is 0 Å². The number of hydrogen-bond donors (Lipinski definition) is 2. The number of ether oxygens (including phenoxy) is 1. The maximum Gasteiger partial charge on any atom is 0.324 e. The molecule has 0 amide bonds. The van der Waals surface area contributed by atoms with Gasteiger partial charge < -0.3 is 14.7 Å². The largest absolute Gasteiger partial charge is 0.480 e. The lowest BCUT2D eigenvalue weighted by atomic mass is 9.83. The van der Waals surface area contributed by atoms with Gasteiger partial charge in [-0.2, -0.15) is 0 Å². The molecule has 1 saturated carbocycles. The molecule has 3 unspecified atom stereocenters. The summed E-state index contributed by atoms with van der Waals surface area (Å²) >= 11 is 0. The van der Waals surface area contributed by atoms with Crippen LogP contribution in [0.25, 0.3) is 0 Å². The third kappa shape index (κ3) is 4.66. The van der Waals surface area contributed by atoms with E-state index in [0.29, 0.717) is 12.6 Å². The molecule has 0 spiro atoms. The van der Waals surface area contributed by atoms with Crippen LogP contribution in [0.5, 0.6) is 0 Å². The zero-order chi connectivity index (χ0) is 16.0. The molecule has 124 valence electrons. The van der Waals surface area contributed by atoms with Crippen LogP contribution in [0.4, 0.5) is 0 Å². The van der Waals surface area contributed by atoms with Crippen molar-refractivity contribution in [3.05, 3.63) is 0 Å². The Labute approximate surface area is 129 Å². The monoisotopic (exact) mass is 300 g/mol. The van der Waals surface area contributed by atoms with Crippen molar-refractivity contribution in [3.8, 4) is 0 Å². The van der Waals surface area contributed by atoms with Crippen LogP contribution >= 0.6 is 0 Å². The molecule has 0 saturated heterocycles. The van der Waals surface area contributed by atoms with E-state index < -0.39 is 11.5 Å². The number of aliphatic carboxylic acids is 1. The molecular weight excluding hydrogens is 268 g/mol. The number of carbonyl (C=O) groups is 1. The standard InChI is InChI=1S/C16H32N2O3/c1-12(2)17-16(15(19)20)9-6-7-14(16)8-10-18(4)13(3)11-21-5/h12-14,17H,6-11H2,1-5H3,(H,19,20). The van der Waals surface area contributed by atoms with Gasteiger partial charge in [-0.05, 0) is 59.5 Å². The van der Waals surface area contributed by atoms with E-state index in [9.17, 15) is 9.90 Å². The molecule has 5 nitrogen and oxygen atoms in total. The lowest BCUT2D eigenvalue weighted by Gasteiger charge is -2.35. The van der Waals surface area contributed by atoms with Gasteiger partial charge in [-0.3, -0.25) is 10.1 Å². The molecule has 0 aromatic rings. The average molecular weight is 300 g/mol. The van der Waals surface area contributed by atoms with E-state index >= 15 is 0 Å². The van der Waals surface area contributed by atoms with E-state index in [0.717, 1.165) is 32.2 Å². The Morgan fingerprint density at radius 3 is 2.67 bits per heavy atom. The number of rotatable bonds is 9. The first-order valence-electron chi connectivity index (χ1n) is 8.03. The Morgan fingerprint density at radius 2 is 2.14 bits per heavy atom. The SMILES string of the molecule is COCC(C)N(C)CCC1CCCC1(NC(C)C)C(=O)O. The molecule has 1 aliphatic carbocycles. The molecule has 1 rings (SSSR count). The Morgan fingerprint density at radius 1 is 1.48 bits per heavy atom. The van der Waals surface area contributed by atoms with Crippen molar-refractivity contribution < 1.29 is 14.6 Å². The summed E-state index contributed by atoms with van der Waals surface area (Å²) in [4.78, 5) is 14.1. The van der Waals surface area contributed by atoms with Crippen LogP contribution in [0, 0.1) is 5.92 Å². The minimum absolute atomic E-state index is 0.187. The van der Waals surface area contributed by atoms with Crippen LogP contribution in [-0.2, 0) is 9.53 Å². The summed E-state index contributed by atoms with van der Waals surface area (Å²) in [6.45, 7) is 7.79. The molecule has 5 heteroatoms. The van der Waals surface area contributed by atoms with Crippen LogP contribution in [0.3, 0.4) is 0 Å². The topological polar surface area (TPSA) is 61.8 Å². The number of hydrogen-bond acceptors (Lipinski definition) is 4. The third-order valence-corrected chi connectivity index (χ3v) is 4.74. The zero-order valence-electron chi connectivity index (χ0n) is 14.2. The molecule has 0 aromatic heterocycles. The van der Waals surface area contributed by atoms with Crippen molar-refractivity contribution in [1.82, 2.24) is 10.2 Å². The second-order valence-electron chi connectivity index (χ2n) is 6.74. The van der Waals surface area contributed by atoms with E-state index in [4.69, 9.17) is 4.74 Å². The summed E-state index contributed by atoms with van der Waals surface area (Å²) in [6, 6.07) is 0.542. The fourth-order valence-corrected chi connectivity index (χ4v) is 3.47. The normalized spacial score (nSPS) is 27.5. The molecule has 0 bridgehead atoms. The molecule has 21 heavy (non-hydrogen) atoms. The van der Waals surface area contributed by atoms with E-state index in [1.165, 1.54) is 0 Å². The van der Waals surface area contributed by atoms with Gasteiger partial charge in [0, 0.05) is 19.2 Å². The molecule has 0 aromatic carbocycles. The van der Waals surface area contributed by atoms with Crippen LogP contribution in [-0.4, -0.2) is 60.9 Å². The van der Waals surface area contributed by atoms with Gasteiger partial charge in [-0.15, -0.1) is 0 Å². The van der Waals surface area contributed by atoms with E-state index in [2.05, 4.69) is 24.2 Å². The van der Waals surface area contributed by atoms with Crippen molar-refractivity contribution in [2.75, 3.05) is 27.3 Å². The molecule has 3 atom stereocenters. The summed E-state index contributed by atoms with van der Waals surface area (Å²) < 4.78 is 5.18. The molecule has 0 radical (unpaired) electrons. The van der Waals surface area contributed by atoms with E-state index in [1.807, 2.05) is 13.8 Å². The predicted molar refractivity (Wildman–Crippen MR) is 84.6 cm³/mol. The number of likely N-dealkylation sites (N-methyl/N-ethyl adjacent to an activating group) is 1. The first-order valence-corrected chi connectivity index (χ1v) is 8.03. The first kappa shape index (κ1) is 18.4. The average Bonchev–Trinajstić information content (AvgIpc) is 2.79. The van der Waals surface area contributed by atoms with Gasteiger partial charge in [0.15, 0.2) is 0 Å². The van der Waals surface area contributed by atoms with Gasteiger partial charge in [0.1, 0.15) is 5.54 Å². The quantitative estimate of drug-likeness (QED) is 0.681. The zero-order valence-corrected chi connectivity index (χ0v) is 14.2. The molecule has 2 N–H and O–H groups in total. The van der Waals surface area contributed by atoms with Gasteiger partial charge in [0.25, 0.3) is 0 Å². The smallest absolute Gasteiger partial charge is 0.324 e. The van der Waals surface area contributed by atoms with E-state index in [1.54, 1.807) is 7.11 Å². The molecule has 1 fully saturated rings. The molecule has 0 aliphatic heterocycles. The Kier molecular flexibility index (Phi) is 7.10. The minimum atomic E-state index is -0.737. The maximum absolute atomic E-state index is 11.9. The summed E-state index contributed by atoms with van der Waals surface area (Å²) in [5.41, 5.74) is -0.737. The maximum atomic E-state index is 11.9. The lowest BCUT2D eigenvalue weighted by molar-refractivity contribution is -0.147. The van der Waals surface area contributed by atoms with Gasteiger partial charge in [0.2, 0.25) is 0 Å². The van der Waals surface area contributed by atoms with Crippen LogP contribution in [0.1, 0.15) is 46.5 Å². The van der Waals surface area contributed by atoms with Crippen LogP contribution in [0.15, 0.2) is 0 Å². The first-order chi connectivity index (χ1) is 9.83. The second kappa shape index (κ2) is 8.11. The van der Waals surface area contributed by atoms with Crippen molar-refractivity contribution in [2.45, 2.75) is 64.1 Å². The van der Waals surface area contributed by atoms with Crippen molar-refractivity contribution in [3.63, 3.8) is 0 Å². The highest BCUT2D eigenvalue weighted by atomic mass is 16.5. The van der Waals surface area contributed by atoms with Crippen molar-refractivity contribution >= 4 is 5.97 Å². The Balaban J connectivity index is 2.65.